The first-order valence-electron chi connectivity index (χ1n) is 14.5. The van der Waals surface area contributed by atoms with Gasteiger partial charge in [0.2, 0.25) is 12.2 Å². The summed E-state index contributed by atoms with van der Waals surface area (Å²) < 4.78 is 17.4. The van der Waals surface area contributed by atoms with Gasteiger partial charge < -0.3 is 50.2 Å². The smallest absolute Gasteiger partial charge is 0.339 e. The molecule has 5 fully saturated rings. The van der Waals surface area contributed by atoms with Gasteiger partial charge in [0.15, 0.2) is 11.5 Å². The number of aliphatic hydroxyl groups excluding tert-OH is 4. The summed E-state index contributed by atoms with van der Waals surface area (Å²) in [6, 6.07) is 2.15. The fourth-order valence-corrected chi connectivity index (χ4v) is 8.47. The summed E-state index contributed by atoms with van der Waals surface area (Å²) in [6.45, 7) is 3.30. The number of nitrogens with one attached hydrogen (secondary N) is 1. The number of benzene rings is 1. The number of aliphatic hydroxyl groups is 4. The van der Waals surface area contributed by atoms with Gasteiger partial charge in [-0.1, -0.05) is 13.0 Å². The van der Waals surface area contributed by atoms with Crippen molar-refractivity contribution in [1.29, 1.82) is 0 Å². The van der Waals surface area contributed by atoms with Crippen molar-refractivity contribution in [2.75, 3.05) is 11.9 Å². The second kappa shape index (κ2) is 10.2. The molecule has 0 unspecified atom stereocenters. The summed E-state index contributed by atoms with van der Waals surface area (Å²) in [7, 11) is 0. The quantitative estimate of drug-likeness (QED) is 0.205. The Labute approximate surface area is 247 Å². The van der Waals surface area contributed by atoms with Gasteiger partial charge >= 0.3 is 5.97 Å². The SMILES string of the molecule is C[C@]12C[C@@]34C=CC(=O)[C@@](C)(CCC(=O)Nc5c(O[C@H]6O[C@@H](CO)[C@H](O)[C@@H](O)[C@@H]6O)ccc(C(=O)O)c5O)[C@@H]3[C@H](C[C@@H]1C4)O2. The van der Waals surface area contributed by atoms with Crippen LogP contribution in [0.4, 0.5) is 5.69 Å². The number of ketones is 1. The summed E-state index contributed by atoms with van der Waals surface area (Å²) >= 11 is 0. The molecule has 3 aliphatic carbocycles. The summed E-state index contributed by atoms with van der Waals surface area (Å²) in [5, 5.41) is 62.9. The molecule has 43 heavy (non-hydrogen) atoms. The number of phenols is 1. The molecule has 1 spiro atoms. The molecule has 3 saturated heterocycles. The summed E-state index contributed by atoms with van der Waals surface area (Å²) in [5.41, 5.74) is -2.21. The molecule has 11 atom stereocenters. The lowest BCUT2D eigenvalue weighted by Gasteiger charge is -2.55. The highest BCUT2D eigenvalue weighted by molar-refractivity contribution is 6.00. The maximum atomic E-state index is 13.3. The summed E-state index contributed by atoms with van der Waals surface area (Å²) in [6.07, 6.45) is -1.86. The van der Waals surface area contributed by atoms with Crippen LogP contribution in [0, 0.1) is 22.7 Å². The molecule has 13 heteroatoms. The van der Waals surface area contributed by atoms with Gasteiger partial charge in [0.1, 0.15) is 41.4 Å². The third-order valence-corrected chi connectivity index (χ3v) is 10.5. The van der Waals surface area contributed by atoms with Crippen molar-refractivity contribution >= 4 is 23.3 Å². The van der Waals surface area contributed by atoms with E-state index >= 15 is 0 Å². The van der Waals surface area contributed by atoms with Crippen LogP contribution in [0.3, 0.4) is 0 Å². The van der Waals surface area contributed by atoms with E-state index in [0.29, 0.717) is 5.92 Å². The number of rotatable bonds is 8. The van der Waals surface area contributed by atoms with Gasteiger partial charge in [-0.15, -0.1) is 0 Å². The summed E-state index contributed by atoms with van der Waals surface area (Å²) in [5.74, 6) is -2.97. The van der Waals surface area contributed by atoms with Crippen molar-refractivity contribution in [3.63, 3.8) is 0 Å². The van der Waals surface area contributed by atoms with Crippen LogP contribution < -0.4 is 10.1 Å². The number of carboxylic acids is 1. The molecule has 1 aromatic rings. The first kappa shape index (κ1) is 30.0. The number of allylic oxidation sites excluding steroid dienone is 2. The predicted octanol–water partition coefficient (Wildman–Crippen LogP) is 0.707. The molecule has 1 aromatic carbocycles. The zero-order valence-electron chi connectivity index (χ0n) is 23.8. The Kier molecular flexibility index (Phi) is 7.14. The minimum absolute atomic E-state index is 0.0826. The van der Waals surface area contributed by atoms with Gasteiger partial charge in [-0.05, 0) is 62.1 Å². The lowest BCUT2D eigenvalue weighted by molar-refractivity contribution is -0.277. The van der Waals surface area contributed by atoms with Crippen LogP contribution in [0.2, 0.25) is 0 Å². The normalized spacial score (nSPS) is 42.6. The molecular weight excluding hydrogens is 566 g/mol. The molecule has 4 bridgehead atoms. The molecular formula is C30H37NO12. The van der Waals surface area contributed by atoms with E-state index < -0.39 is 71.6 Å². The van der Waals surface area contributed by atoms with Gasteiger partial charge in [0, 0.05) is 17.8 Å². The van der Waals surface area contributed by atoms with Crippen LogP contribution in [-0.4, -0.2) is 97.3 Å². The molecule has 7 rings (SSSR count). The Hall–Kier alpha value is -3.07. The van der Waals surface area contributed by atoms with E-state index in [1.165, 1.54) is 0 Å². The van der Waals surface area contributed by atoms with Gasteiger partial charge in [-0.3, -0.25) is 9.59 Å². The third-order valence-electron chi connectivity index (χ3n) is 10.5. The van der Waals surface area contributed by atoms with Gasteiger partial charge in [-0.2, -0.15) is 0 Å². The second-order valence-corrected chi connectivity index (χ2v) is 13.1. The number of amides is 1. The molecule has 0 aromatic heterocycles. The zero-order valence-corrected chi connectivity index (χ0v) is 23.8. The minimum Gasteiger partial charge on any atom is -0.505 e. The standard InChI is InChI=1S/C30H37NO12/c1-28(18(33)5-8-30-10-13-9-16(25(28)30)43-29(13,2)12-30)7-6-19(34)31-20-15(4-3-14(21(20)35)26(39)40)41-27-24(38)23(37)22(36)17(11-32)42-27/h3-5,8,13,16-17,22-25,27,32,35-38H,6-7,9-12H2,1-2H3,(H,31,34)(H,39,40)/t13-,16+,17+,22+,23-,24+,25+,27+,28-,29+,30+/m1/s1. The van der Waals surface area contributed by atoms with Crippen LogP contribution in [0.1, 0.15) is 56.3 Å². The fraction of sp³-hybridized carbons (Fsp3) is 0.633. The van der Waals surface area contributed by atoms with E-state index in [0.717, 1.165) is 31.4 Å². The topological polar surface area (TPSA) is 212 Å². The molecule has 2 saturated carbocycles. The molecule has 234 valence electrons. The first-order chi connectivity index (χ1) is 20.2. The second-order valence-electron chi connectivity index (χ2n) is 13.1. The largest absolute Gasteiger partial charge is 0.505 e. The maximum absolute atomic E-state index is 13.3. The molecule has 7 N–H and O–H groups in total. The van der Waals surface area contributed by atoms with Crippen molar-refractivity contribution in [3.8, 4) is 11.5 Å². The van der Waals surface area contributed by atoms with Crippen molar-refractivity contribution < 1.29 is 59.2 Å². The number of hydrogen-bond acceptors (Lipinski definition) is 11. The third kappa shape index (κ3) is 4.56. The van der Waals surface area contributed by atoms with E-state index in [-0.39, 0.29) is 47.4 Å². The van der Waals surface area contributed by atoms with Crippen molar-refractivity contribution in [3.05, 3.63) is 29.8 Å². The van der Waals surface area contributed by atoms with Crippen molar-refractivity contribution in [2.24, 2.45) is 22.7 Å². The number of anilines is 1. The van der Waals surface area contributed by atoms with E-state index in [4.69, 9.17) is 14.2 Å². The Morgan fingerprint density at radius 3 is 2.56 bits per heavy atom. The van der Waals surface area contributed by atoms with Crippen LogP contribution in [0.15, 0.2) is 24.3 Å². The van der Waals surface area contributed by atoms with E-state index in [1.54, 1.807) is 6.08 Å². The number of aromatic hydroxyl groups is 1. The van der Waals surface area contributed by atoms with Gasteiger partial charge in [-0.25, -0.2) is 4.79 Å². The van der Waals surface area contributed by atoms with Crippen molar-refractivity contribution in [2.45, 2.75) is 88.4 Å². The average Bonchev–Trinajstić information content (AvgIpc) is 3.32. The van der Waals surface area contributed by atoms with Gasteiger partial charge in [0.05, 0.1) is 18.3 Å². The highest BCUT2D eigenvalue weighted by Gasteiger charge is 2.71. The van der Waals surface area contributed by atoms with Crippen LogP contribution >= 0.6 is 0 Å². The number of hydrogen-bond donors (Lipinski definition) is 7. The molecule has 3 heterocycles. The highest BCUT2D eigenvalue weighted by atomic mass is 16.7. The van der Waals surface area contributed by atoms with Crippen LogP contribution in [-0.2, 0) is 19.1 Å². The average molecular weight is 604 g/mol. The monoisotopic (exact) mass is 603 g/mol. The molecule has 3 aliphatic heterocycles. The van der Waals surface area contributed by atoms with Crippen LogP contribution in [0.25, 0.3) is 0 Å². The maximum Gasteiger partial charge on any atom is 0.339 e. The minimum atomic E-state index is -1.79. The lowest BCUT2D eigenvalue weighted by atomic mass is 9.51. The van der Waals surface area contributed by atoms with Crippen LogP contribution in [0.5, 0.6) is 11.5 Å². The Morgan fingerprint density at radius 1 is 1.14 bits per heavy atom. The lowest BCUT2D eigenvalue weighted by Crippen LogP contribution is -2.60. The Morgan fingerprint density at radius 2 is 1.88 bits per heavy atom. The van der Waals surface area contributed by atoms with E-state index in [1.807, 2.05) is 13.0 Å². The Bertz CT molecular complexity index is 1380. The number of aromatic carboxylic acids is 1. The number of ether oxygens (including phenoxy) is 3. The van der Waals surface area contributed by atoms with Gasteiger partial charge in [0.25, 0.3) is 0 Å². The van der Waals surface area contributed by atoms with E-state index in [2.05, 4.69) is 12.2 Å². The molecule has 6 aliphatic rings. The number of carboxylic acid groups (broad SMARTS) is 1. The van der Waals surface area contributed by atoms with E-state index in [9.17, 15) is 45.0 Å². The zero-order chi connectivity index (χ0) is 31.1. The Balaban J connectivity index is 1.22. The number of carbonyl (C=O) groups is 3. The predicted molar refractivity (Wildman–Crippen MR) is 146 cm³/mol. The van der Waals surface area contributed by atoms with Crippen molar-refractivity contribution in [1.82, 2.24) is 0 Å². The fourth-order valence-electron chi connectivity index (χ4n) is 8.47. The molecule has 0 radical (unpaired) electrons. The first-order valence-corrected chi connectivity index (χ1v) is 14.5. The molecule has 13 nitrogen and oxygen atoms in total. The molecule has 1 amide bonds. The highest BCUT2D eigenvalue weighted by Crippen LogP contribution is 2.71. The number of carbonyl (C=O) groups excluding carboxylic acids is 2. The summed E-state index contributed by atoms with van der Waals surface area (Å²) in [4.78, 5) is 38.4.